The zero-order valence-corrected chi connectivity index (χ0v) is 8.05. The van der Waals surface area contributed by atoms with Gasteiger partial charge >= 0.3 is 0 Å². The van der Waals surface area contributed by atoms with E-state index in [-0.39, 0.29) is 12.5 Å². The zero-order chi connectivity index (χ0) is 9.52. The normalized spacial score (nSPS) is 18.5. The minimum absolute atomic E-state index is 0.00412. The predicted octanol–water partition coefficient (Wildman–Crippen LogP) is 1.29. The molecule has 3 heteroatoms. The number of carbonyl (C=O) groups excluding carboxylic acids is 1. The van der Waals surface area contributed by atoms with Crippen molar-refractivity contribution in [2.75, 3.05) is 13.2 Å². The van der Waals surface area contributed by atoms with Crippen molar-refractivity contribution in [3.05, 3.63) is 6.92 Å². The molecule has 1 aliphatic carbocycles. The van der Waals surface area contributed by atoms with Gasteiger partial charge in [0, 0.05) is 12.6 Å². The second-order valence-electron chi connectivity index (χ2n) is 3.46. The first kappa shape index (κ1) is 10.5. The summed E-state index contributed by atoms with van der Waals surface area (Å²) in [4.78, 5) is 11.2. The molecule has 0 aromatic carbocycles. The molecule has 1 amide bonds. The van der Waals surface area contributed by atoms with Gasteiger partial charge in [-0.3, -0.25) is 4.79 Å². The van der Waals surface area contributed by atoms with E-state index < -0.39 is 0 Å². The fraction of sp³-hybridized carbons (Fsp3) is 0.800. The van der Waals surface area contributed by atoms with Gasteiger partial charge in [-0.25, -0.2) is 0 Å². The summed E-state index contributed by atoms with van der Waals surface area (Å²) in [6.45, 7) is 4.01. The highest BCUT2D eigenvalue weighted by Crippen LogP contribution is 2.17. The minimum atomic E-state index is -0.00412. The lowest BCUT2D eigenvalue weighted by atomic mass is 9.95. The molecule has 0 spiro atoms. The number of ether oxygens (including phenoxy) is 1. The molecular weight excluding hydrogens is 166 g/mol. The smallest absolute Gasteiger partial charge is 0.246 e. The summed E-state index contributed by atoms with van der Waals surface area (Å²) < 4.78 is 4.91. The molecule has 1 aliphatic rings. The molecule has 0 aromatic rings. The third-order valence-electron chi connectivity index (χ3n) is 2.35. The highest BCUT2D eigenvalue weighted by molar-refractivity contribution is 5.77. The number of hydrogen-bond acceptors (Lipinski definition) is 2. The molecule has 0 atom stereocenters. The molecule has 0 bridgehead atoms. The second kappa shape index (κ2) is 5.97. The van der Waals surface area contributed by atoms with Crippen LogP contribution in [0.15, 0.2) is 0 Å². The molecule has 0 aliphatic heterocycles. The van der Waals surface area contributed by atoms with E-state index in [1.165, 1.54) is 19.3 Å². The van der Waals surface area contributed by atoms with Crippen molar-refractivity contribution in [2.45, 2.75) is 38.1 Å². The van der Waals surface area contributed by atoms with Gasteiger partial charge in [0.1, 0.15) is 6.61 Å². The van der Waals surface area contributed by atoms with Crippen LogP contribution < -0.4 is 5.32 Å². The Morgan fingerprint density at radius 2 is 2.08 bits per heavy atom. The number of rotatable bonds is 4. The van der Waals surface area contributed by atoms with Gasteiger partial charge in [0.25, 0.3) is 0 Å². The Balaban J connectivity index is 2.11. The number of nitrogens with one attached hydrogen (secondary N) is 1. The third-order valence-corrected chi connectivity index (χ3v) is 2.35. The molecule has 0 heterocycles. The van der Waals surface area contributed by atoms with Crippen molar-refractivity contribution in [1.29, 1.82) is 0 Å². The first-order valence-electron chi connectivity index (χ1n) is 4.99. The standard InChI is InChI=1S/C10H18NO2/c1-2-13-8-10(12)11-9-6-4-3-5-7-9/h9H,1-8H2,(H,11,12). The van der Waals surface area contributed by atoms with Crippen LogP contribution in [0.4, 0.5) is 0 Å². The third kappa shape index (κ3) is 4.27. The van der Waals surface area contributed by atoms with Crippen molar-refractivity contribution in [2.24, 2.45) is 0 Å². The van der Waals surface area contributed by atoms with Crippen molar-refractivity contribution < 1.29 is 9.53 Å². The summed E-state index contributed by atoms with van der Waals surface area (Å²) in [5.41, 5.74) is 0. The van der Waals surface area contributed by atoms with E-state index >= 15 is 0 Å². The molecule has 0 aromatic heterocycles. The van der Waals surface area contributed by atoms with Gasteiger partial charge in [-0.1, -0.05) is 19.3 Å². The lowest BCUT2D eigenvalue weighted by Gasteiger charge is -2.22. The molecule has 75 valence electrons. The summed E-state index contributed by atoms with van der Waals surface area (Å²) in [5, 5.41) is 2.96. The van der Waals surface area contributed by atoms with Crippen LogP contribution in [0.1, 0.15) is 32.1 Å². The molecule has 1 N–H and O–H groups in total. The molecular formula is C10H18NO2. The fourth-order valence-electron chi connectivity index (χ4n) is 1.68. The van der Waals surface area contributed by atoms with Crippen molar-refractivity contribution in [3.8, 4) is 0 Å². The zero-order valence-electron chi connectivity index (χ0n) is 8.05. The lowest BCUT2D eigenvalue weighted by molar-refractivity contribution is -0.126. The average Bonchev–Trinajstić information content (AvgIpc) is 2.16. The molecule has 0 unspecified atom stereocenters. The Morgan fingerprint density at radius 3 is 2.69 bits per heavy atom. The Kier molecular flexibility index (Phi) is 4.83. The molecule has 1 rings (SSSR count). The highest BCUT2D eigenvalue weighted by Gasteiger charge is 2.14. The van der Waals surface area contributed by atoms with E-state index in [2.05, 4.69) is 12.2 Å². The molecule has 0 saturated heterocycles. The molecule has 3 nitrogen and oxygen atoms in total. The molecule has 13 heavy (non-hydrogen) atoms. The van der Waals surface area contributed by atoms with Crippen LogP contribution in [0.2, 0.25) is 0 Å². The monoisotopic (exact) mass is 184 g/mol. The predicted molar refractivity (Wildman–Crippen MR) is 51.2 cm³/mol. The van der Waals surface area contributed by atoms with Gasteiger partial charge in [0.15, 0.2) is 0 Å². The van der Waals surface area contributed by atoms with Gasteiger partial charge in [-0.05, 0) is 19.8 Å². The van der Waals surface area contributed by atoms with E-state index in [9.17, 15) is 4.79 Å². The van der Waals surface area contributed by atoms with Crippen LogP contribution in [0.5, 0.6) is 0 Å². The van der Waals surface area contributed by atoms with E-state index in [4.69, 9.17) is 4.74 Å². The van der Waals surface area contributed by atoms with Crippen LogP contribution in [0.25, 0.3) is 0 Å². The molecule has 1 fully saturated rings. The maximum Gasteiger partial charge on any atom is 0.246 e. The highest BCUT2D eigenvalue weighted by atomic mass is 16.5. The summed E-state index contributed by atoms with van der Waals surface area (Å²) >= 11 is 0. The Bertz CT molecular complexity index is 153. The Labute approximate surface area is 79.8 Å². The van der Waals surface area contributed by atoms with Gasteiger partial charge in [0.05, 0.1) is 0 Å². The topological polar surface area (TPSA) is 38.3 Å². The maximum atomic E-state index is 11.2. The summed E-state index contributed by atoms with van der Waals surface area (Å²) in [5.74, 6) is -0.00412. The Hall–Kier alpha value is -0.570. The lowest BCUT2D eigenvalue weighted by Crippen LogP contribution is -2.38. The SMILES string of the molecule is [CH2]COCC(=O)NC1CCCCC1. The van der Waals surface area contributed by atoms with Crippen LogP contribution in [-0.4, -0.2) is 25.2 Å². The van der Waals surface area contributed by atoms with Crippen LogP contribution in [-0.2, 0) is 9.53 Å². The van der Waals surface area contributed by atoms with E-state index in [0.717, 1.165) is 12.8 Å². The molecule has 1 radical (unpaired) electrons. The maximum absolute atomic E-state index is 11.2. The number of carbonyl (C=O) groups is 1. The van der Waals surface area contributed by atoms with Gasteiger partial charge < -0.3 is 10.1 Å². The number of hydrogen-bond donors (Lipinski definition) is 1. The summed E-state index contributed by atoms with van der Waals surface area (Å²) in [7, 11) is 0. The Morgan fingerprint density at radius 1 is 1.38 bits per heavy atom. The van der Waals surface area contributed by atoms with Gasteiger partial charge in [0.2, 0.25) is 5.91 Å². The van der Waals surface area contributed by atoms with E-state index in [0.29, 0.717) is 12.6 Å². The van der Waals surface area contributed by atoms with Gasteiger partial charge in [-0.2, -0.15) is 0 Å². The van der Waals surface area contributed by atoms with Crippen LogP contribution in [0, 0.1) is 6.92 Å². The first-order chi connectivity index (χ1) is 6.33. The quantitative estimate of drug-likeness (QED) is 0.715. The summed E-state index contributed by atoms with van der Waals surface area (Å²) in [6.07, 6.45) is 6.02. The molecule has 1 saturated carbocycles. The minimum Gasteiger partial charge on any atom is -0.372 e. The van der Waals surface area contributed by atoms with E-state index in [1.54, 1.807) is 0 Å². The fourth-order valence-corrected chi connectivity index (χ4v) is 1.68. The summed E-state index contributed by atoms with van der Waals surface area (Å²) in [6, 6.07) is 0.384. The van der Waals surface area contributed by atoms with E-state index in [1.807, 2.05) is 0 Å². The number of amides is 1. The van der Waals surface area contributed by atoms with Crippen molar-refractivity contribution in [3.63, 3.8) is 0 Å². The largest absolute Gasteiger partial charge is 0.372 e. The van der Waals surface area contributed by atoms with Gasteiger partial charge in [-0.15, -0.1) is 0 Å². The van der Waals surface area contributed by atoms with Crippen molar-refractivity contribution in [1.82, 2.24) is 5.32 Å². The average molecular weight is 184 g/mol. The first-order valence-corrected chi connectivity index (χ1v) is 4.99. The van der Waals surface area contributed by atoms with Crippen molar-refractivity contribution >= 4 is 5.91 Å². The second-order valence-corrected chi connectivity index (χ2v) is 3.46. The van der Waals surface area contributed by atoms with Crippen LogP contribution in [0.3, 0.4) is 0 Å². The van der Waals surface area contributed by atoms with Crippen LogP contribution >= 0.6 is 0 Å².